The van der Waals surface area contributed by atoms with Gasteiger partial charge in [0.2, 0.25) is 0 Å². The van der Waals surface area contributed by atoms with Gasteiger partial charge in [-0.15, -0.1) is 22.7 Å². The fraction of sp³-hybridized carbons (Fsp3) is 0.471. The molecule has 0 atom stereocenters. The first-order valence-electron chi connectivity index (χ1n) is 8.26. The molecule has 3 heterocycles. The number of nitrogens with zero attached hydrogens (tertiary/aromatic N) is 3. The Balaban J connectivity index is 1.76. The molecule has 0 amide bonds. The molecule has 4 rings (SSSR count). The summed E-state index contributed by atoms with van der Waals surface area (Å²) in [5.74, 6) is 0.761. The molecule has 0 radical (unpaired) electrons. The molecule has 1 aliphatic rings. The highest BCUT2D eigenvalue weighted by Crippen LogP contribution is 2.36. The van der Waals surface area contributed by atoms with Crippen molar-refractivity contribution in [2.45, 2.75) is 57.0 Å². The summed E-state index contributed by atoms with van der Waals surface area (Å²) in [7, 11) is 0. The van der Waals surface area contributed by atoms with Gasteiger partial charge in [-0.1, -0.05) is 18.7 Å². The van der Waals surface area contributed by atoms with Gasteiger partial charge in [-0.05, 0) is 38.2 Å². The molecule has 126 valence electrons. The van der Waals surface area contributed by atoms with Gasteiger partial charge >= 0.3 is 0 Å². The predicted molar refractivity (Wildman–Crippen MR) is 103 cm³/mol. The minimum atomic E-state index is 0.151. The quantitative estimate of drug-likeness (QED) is 0.488. The van der Waals surface area contributed by atoms with Crippen molar-refractivity contribution >= 4 is 44.7 Å². The summed E-state index contributed by atoms with van der Waals surface area (Å²) in [6, 6.07) is 0. The van der Waals surface area contributed by atoms with E-state index >= 15 is 0 Å². The number of hydrogen-bond acceptors (Lipinski definition) is 6. The van der Waals surface area contributed by atoms with Crippen LogP contribution in [0.4, 0.5) is 0 Å². The van der Waals surface area contributed by atoms with E-state index in [1.807, 2.05) is 11.5 Å². The number of aryl methyl sites for hydroxylation is 3. The summed E-state index contributed by atoms with van der Waals surface area (Å²) in [5, 5.41) is 4.88. The Hall–Kier alpha value is -1.18. The van der Waals surface area contributed by atoms with Gasteiger partial charge < -0.3 is 0 Å². The third-order valence-electron chi connectivity index (χ3n) is 4.25. The fourth-order valence-electron chi connectivity index (χ4n) is 3.20. The van der Waals surface area contributed by atoms with E-state index in [0.29, 0.717) is 0 Å². The predicted octanol–water partition coefficient (Wildman–Crippen LogP) is 4.41. The SMILES string of the molecule is CCCn1c(SCc2csc(C)n2)nc2sc3c(c2c1=O)CCC3. The van der Waals surface area contributed by atoms with E-state index in [1.165, 1.54) is 16.9 Å². The standard InChI is InChI=1S/C17H19N3OS3/c1-3-7-20-16(21)14-12-5-4-6-13(12)24-15(14)19-17(20)23-9-11-8-22-10(2)18-11/h8H,3-7,9H2,1-2H3. The molecule has 0 saturated carbocycles. The van der Waals surface area contributed by atoms with Gasteiger partial charge in [-0.25, -0.2) is 9.97 Å². The van der Waals surface area contributed by atoms with Crippen molar-refractivity contribution in [1.82, 2.24) is 14.5 Å². The zero-order chi connectivity index (χ0) is 16.7. The molecule has 0 saturated heterocycles. The maximum Gasteiger partial charge on any atom is 0.263 e. The summed E-state index contributed by atoms with van der Waals surface area (Å²) in [6.07, 6.45) is 4.24. The van der Waals surface area contributed by atoms with Crippen LogP contribution in [0.15, 0.2) is 15.3 Å². The lowest BCUT2D eigenvalue weighted by Crippen LogP contribution is -2.23. The highest BCUT2D eigenvalue weighted by Gasteiger charge is 2.23. The Bertz CT molecular complexity index is 954. The first kappa shape index (κ1) is 16.3. The minimum absolute atomic E-state index is 0.151. The van der Waals surface area contributed by atoms with Crippen molar-refractivity contribution in [3.05, 3.63) is 36.9 Å². The number of rotatable bonds is 5. The molecular formula is C17H19N3OS3. The van der Waals surface area contributed by atoms with E-state index in [4.69, 9.17) is 4.98 Å². The van der Waals surface area contributed by atoms with Crippen LogP contribution < -0.4 is 5.56 Å². The van der Waals surface area contributed by atoms with Crippen molar-refractivity contribution in [2.24, 2.45) is 0 Å². The molecule has 0 spiro atoms. The first-order valence-corrected chi connectivity index (χ1v) is 10.9. The molecule has 0 unspecified atom stereocenters. The highest BCUT2D eigenvalue weighted by atomic mass is 32.2. The smallest absolute Gasteiger partial charge is 0.263 e. The average Bonchev–Trinajstić information content (AvgIpc) is 3.24. The number of fused-ring (bicyclic) bond motifs is 3. The molecule has 0 aliphatic heterocycles. The van der Waals surface area contributed by atoms with E-state index < -0.39 is 0 Å². The third-order valence-corrected chi connectivity index (χ3v) is 7.27. The lowest BCUT2D eigenvalue weighted by Gasteiger charge is -2.10. The van der Waals surface area contributed by atoms with Crippen LogP contribution in [0.1, 0.15) is 40.9 Å². The molecule has 7 heteroatoms. The second kappa shape index (κ2) is 6.61. The van der Waals surface area contributed by atoms with Crippen molar-refractivity contribution in [3.63, 3.8) is 0 Å². The number of hydrogen-bond donors (Lipinski definition) is 0. The Morgan fingerprint density at radius 1 is 1.33 bits per heavy atom. The number of thioether (sulfide) groups is 1. The van der Waals surface area contributed by atoms with Crippen LogP contribution in [0.25, 0.3) is 10.2 Å². The molecule has 0 fully saturated rings. The Labute approximate surface area is 153 Å². The van der Waals surface area contributed by atoms with Gasteiger partial charge in [0, 0.05) is 22.6 Å². The summed E-state index contributed by atoms with van der Waals surface area (Å²) in [5.41, 5.74) is 2.48. The highest BCUT2D eigenvalue weighted by molar-refractivity contribution is 7.98. The Morgan fingerprint density at radius 3 is 2.96 bits per heavy atom. The van der Waals surface area contributed by atoms with Gasteiger partial charge in [-0.2, -0.15) is 0 Å². The number of aromatic nitrogens is 3. The van der Waals surface area contributed by atoms with E-state index in [1.54, 1.807) is 34.4 Å². The zero-order valence-electron chi connectivity index (χ0n) is 13.8. The monoisotopic (exact) mass is 377 g/mol. The topological polar surface area (TPSA) is 47.8 Å². The molecule has 3 aromatic heterocycles. The van der Waals surface area contributed by atoms with E-state index in [0.717, 1.165) is 57.6 Å². The van der Waals surface area contributed by atoms with Crippen LogP contribution in [0.5, 0.6) is 0 Å². The van der Waals surface area contributed by atoms with Gasteiger partial charge in [0.1, 0.15) is 4.83 Å². The van der Waals surface area contributed by atoms with E-state index in [2.05, 4.69) is 17.3 Å². The molecule has 0 bridgehead atoms. The van der Waals surface area contributed by atoms with Crippen molar-refractivity contribution in [3.8, 4) is 0 Å². The Kier molecular flexibility index (Phi) is 4.49. The van der Waals surface area contributed by atoms with Crippen molar-refractivity contribution < 1.29 is 0 Å². The second-order valence-corrected chi connectivity index (χ2v) is 9.12. The van der Waals surface area contributed by atoms with Crippen LogP contribution >= 0.6 is 34.4 Å². The lowest BCUT2D eigenvalue weighted by atomic mass is 10.2. The van der Waals surface area contributed by atoms with Gasteiger partial charge in [-0.3, -0.25) is 9.36 Å². The fourth-order valence-corrected chi connectivity index (χ4v) is 6.14. The average molecular weight is 378 g/mol. The second-order valence-electron chi connectivity index (χ2n) is 6.04. The van der Waals surface area contributed by atoms with Gasteiger partial charge in [0.25, 0.3) is 5.56 Å². The molecule has 4 nitrogen and oxygen atoms in total. The van der Waals surface area contributed by atoms with Crippen LogP contribution in [0.2, 0.25) is 0 Å². The summed E-state index contributed by atoms with van der Waals surface area (Å²) in [6.45, 7) is 4.85. The van der Waals surface area contributed by atoms with Gasteiger partial charge in [0.15, 0.2) is 5.16 Å². The molecule has 1 aliphatic carbocycles. The molecule has 0 aromatic carbocycles. The molecule has 3 aromatic rings. The van der Waals surface area contributed by atoms with Crippen LogP contribution in [-0.4, -0.2) is 14.5 Å². The third kappa shape index (κ3) is 2.82. The van der Waals surface area contributed by atoms with Crippen LogP contribution in [-0.2, 0) is 25.1 Å². The largest absolute Gasteiger partial charge is 0.287 e. The van der Waals surface area contributed by atoms with Crippen LogP contribution in [0, 0.1) is 6.92 Å². The minimum Gasteiger partial charge on any atom is -0.287 e. The lowest BCUT2D eigenvalue weighted by molar-refractivity contribution is 0.585. The maximum atomic E-state index is 13.1. The van der Waals surface area contributed by atoms with E-state index in [-0.39, 0.29) is 5.56 Å². The molecule has 0 N–H and O–H groups in total. The zero-order valence-corrected chi connectivity index (χ0v) is 16.2. The Morgan fingerprint density at radius 2 is 2.21 bits per heavy atom. The first-order chi connectivity index (χ1) is 11.7. The summed E-state index contributed by atoms with van der Waals surface area (Å²) in [4.78, 5) is 24.7. The normalized spacial score (nSPS) is 13.8. The summed E-state index contributed by atoms with van der Waals surface area (Å²) < 4.78 is 1.87. The molecule has 24 heavy (non-hydrogen) atoms. The summed E-state index contributed by atoms with van der Waals surface area (Å²) >= 11 is 5.01. The number of thiophene rings is 1. The molecular weight excluding hydrogens is 358 g/mol. The van der Waals surface area contributed by atoms with Crippen molar-refractivity contribution in [1.29, 1.82) is 0 Å². The number of thiazole rings is 1. The van der Waals surface area contributed by atoms with Crippen LogP contribution in [0.3, 0.4) is 0 Å². The van der Waals surface area contributed by atoms with E-state index in [9.17, 15) is 4.79 Å². The van der Waals surface area contributed by atoms with Gasteiger partial charge in [0.05, 0.1) is 16.1 Å². The van der Waals surface area contributed by atoms with Crippen molar-refractivity contribution in [2.75, 3.05) is 0 Å². The maximum absolute atomic E-state index is 13.1.